The maximum Gasteiger partial charge on any atom is 0.0788 e. The van der Waals surface area contributed by atoms with Gasteiger partial charge in [-0.2, -0.15) is 0 Å². The second kappa shape index (κ2) is 4.73. The Morgan fingerprint density at radius 1 is 1.53 bits per heavy atom. The highest BCUT2D eigenvalue weighted by Gasteiger charge is 2.17. The van der Waals surface area contributed by atoms with Crippen molar-refractivity contribution < 1.29 is 5.11 Å². The van der Waals surface area contributed by atoms with Crippen molar-refractivity contribution in [1.82, 2.24) is 0 Å². The number of nitrogens with two attached hydrogens (primary N) is 1. The minimum absolute atomic E-state index is 0.468. The fraction of sp³-hybridized carbons (Fsp3) is 0.455. The van der Waals surface area contributed by atoms with Crippen molar-refractivity contribution in [2.24, 2.45) is 0 Å². The Morgan fingerprint density at radius 3 is 2.73 bits per heavy atom. The molecular weight excluding hydrogens is 212 g/mol. The Hall–Kier alpha value is -0.930. The summed E-state index contributed by atoms with van der Waals surface area (Å²) in [5, 5.41) is 13.5. The summed E-state index contributed by atoms with van der Waals surface area (Å²) in [5.74, 6) is 0. The van der Waals surface area contributed by atoms with Gasteiger partial charge in [0.05, 0.1) is 17.0 Å². The van der Waals surface area contributed by atoms with Crippen LogP contribution in [0.5, 0.6) is 0 Å². The van der Waals surface area contributed by atoms with Crippen LogP contribution < -0.4 is 11.1 Å². The first-order chi connectivity index (χ1) is 6.94. The Kier molecular flexibility index (Phi) is 3.83. The molecule has 0 bridgehead atoms. The van der Waals surface area contributed by atoms with Crippen molar-refractivity contribution in [1.29, 1.82) is 0 Å². The zero-order valence-corrected chi connectivity index (χ0v) is 9.80. The smallest absolute Gasteiger partial charge is 0.0788 e. The summed E-state index contributed by atoms with van der Waals surface area (Å²) >= 11 is 5.78. The monoisotopic (exact) mass is 228 g/mol. The highest BCUT2D eigenvalue weighted by molar-refractivity contribution is 6.31. The summed E-state index contributed by atoms with van der Waals surface area (Å²) in [6.07, 6.45) is 0.688. The third kappa shape index (κ3) is 3.61. The number of hydrogen-bond acceptors (Lipinski definition) is 3. The van der Waals surface area contributed by atoms with Gasteiger partial charge in [-0.3, -0.25) is 0 Å². The van der Waals surface area contributed by atoms with Crippen molar-refractivity contribution >= 4 is 23.0 Å². The standard InChI is InChI=1S/C11H17ClN2O/c1-3-11(2,15)7-14-10-5-4-8(12)6-9(10)13/h4-6,14-15H,3,7,13H2,1-2H3. The zero-order valence-electron chi connectivity index (χ0n) is 9.05. The summed E-state index contributed by atoms with van der Waals surface area (Å²) in [4.78, 5) is 0. The molecule has 1 aromatic rings. The predicted octanol–water partition coefficient (Wildman–Crippen LogP) is 2.50. The molecule has 0 heterocycles. The van der Waals surface area contributed by atoms with E-state index in [0.717, 1.165) is 5.69 Å². The third-order valence-corrected chi connectivity index (χ3v) is 2.67. The van der Waals surface area contributed by atoms with Gasteiger partial charge in [0, 0.05) is 11.6 Å². The number of nitrogens with one attached hydrogen (secondary N) is 1. The highest BCUT2D eigenvalue weighted by Crippen LogP contribution is 2.23. The van der Waals surface area contributed by atoms with Gasteiger partial charge in [0.1, 0.15) is 0 Å². The molecule has 0 saturated carbocycles. The number of aliphatic hydroxyl groups is 1. The number of hydrogen-bond donors (Lipinski definition) is 3. The van der Waals surface area contributed by atoms with Gasteiger partial charge in [-0.25, -0.2) is 0 Å². The first-order valence-corrected chi connectivity index (χ1v) is 5.34. The van der Waals surface area contributed by atoms with Gasteiger partial charge in [0.15, 0.2) is 0 Å². The van der Waals surface area contributed by atoms with E-state index in [2.05, 4.69) is 5.32 Å². The van der Waals surface area contributed by atoms with Crippen LogP contribution in [0.25, 0.3) is 0 Å². The first kappa shape index (κ1) is 12.1. The minimum Gasteiger partial charge on any atom is -0.397 e. The number of rotatable bonds is 4. The molecule has 3 nitrogen and oxygen atoms in total. The molecule has 0 fully saturated rings. The highest BCUT2D eigenvalue weighted by atomic mass is 35.5. The van der Waals surface area contributed by atoms with E-state index in [4.69, 9.17) is 17.3 Å². The molecule has 0 aliphatic carbocycles. The van der Waals surface area contributed by atoms with E-state index >= 15 is 0 Å². The topological polar surface area (TPSA) is 58.3 Å². The Labute approximate surface area is 95.2 Å². The van der Waals surface area contributed by atoms with Crippen LogP contribution in [0.2, 0.25) is 5.02 Å². The van der Waals surface area contributed by atoms with Gasteiger partial charge in [-0.15, -0.1) is 0 Å². The van der Waals surface area contributed by atoms with Crippen LogP contribution in [0, 0.1) is 0 Å². The maximum atomic E-state index is 9.80. The largest absolute Gasteiger partial charge is 0.397 e. The summed E-state index contributed by atoms with van der Waals surface area (Å²) in [5.41, 5.74) is 6.44. The van der Waals surface area contributed by atoms with Crippen molar-refractivity contribution in [3.63, 3.8) is 0 Å². The average molecular weight is 229 g/mol. The molecule has 0 radical (unpaired) electrons. The van der Waals surface area contributed by atoms with Gasteiger partial charge < -0.3 is 16.2 Å². The molecule has 0 spiro atoms. The summed E-state index contributed by atoms with van der Waals surface area (Å²) < 4.78 is 0. The Morgan fingerprint density at radius 2 is 2.20 bits per heavy atom. The molecule has 0 amide bonds. The number of halogens is 1. The second-order valence-corrected chi connectivity index (χ2v) is 4.37. The van der Waals surface area contributed by atoms with Gasteiger partial charge in [0.2, 0.25) is 0 Å². The van der Waals surface area contributed by atoms with Crippen LogP contribution in [0.1, 0.15) is 20.3 Å². The van der Waals surface area contributed by atoms with Crippen LogP contribution in [-0.4, -0.2) is 17.3 Å². The fourth-order valence-corrected chi connectivity index (χ4v) is 1.29. The third-order valence-electron chi connectivity index (χ3n) is 2.43. The van der Waals surface area contributed by atoms with E-state index in [1.807, 2.05) is 13.0 Å². The molecule has 4 N–H and O–H groups in total. The maximum absolute atomic E-state index is 9.80. The van der Waals surface area contributed by atoms with Gasteiger partial charge in [-0.05, 0) is 31.5 Å². The van der Waals surface area contributed by atoms with Gasteiger partial charge >= 0.3 is 0 Å². The van der Waals surface area contributed by atoms with Crippen molar-refractivity contribution in [2.75, 3.05) is 17.6 Å². The van der Waals surface area contributed by atoms with Crippen LogP contribution in [-0.2, 0) is 0 Å². The van der Waals surface area contributed by atoms with Crippen molar-refractivity contribution in [2.45, 2.75) is 25.9 Å². The average Bonchev–Trinajstić information content (AvgIpc) is 2.16. The molecule has 0 aromatic heterocycles. The molecule has 1 rings (SSSR count). The predicted molar refractivity (Wildman–Crippen MR) is 65.3 cm³/mol. The lowest BCUT2D eigenvalue weighted by molar-refractivity contribution is 0.0697. The van der Waals surface area contributed by atoms with Crippen LogP contribution in [0.15, 0.2) is 18.2 Å². The molecule has 1 unspecified atom stereocenters. The molecule has 84 valence electrons. The molecule has 0 saturated heterocycles. The SMILES string of the molecule is CCC(C)(O)CNc1ccc(Cl)cc1N. The van der Waals surface area contributed by atoms with Crippen molar-refractivity contribution in [3.05, 3.63) is 23.2 Å². The minimum atomic E-state index is -0.716. The molecular formula is C11H17ClN2O. The summed E-state index contributed by atoms with van der Waals surface area (Å²) in [6.45, 7) is 4.19. The van der Waals surface area contributed by atoms with Crippen LogP contribution in [0.4, 0.5) is 11.4 Å². The number of nitrogen functional groups attached to an aromatic ring is 1. The summed E-state index contributed by atoms with van der Waals surface area (Å²) in [7, 11) is 0. The van der Waals surface area contributed by atoms with Crippen molar-refractivity contribution in [3.8, 4) is 0 Å². The normalized spacial score (nSPS) is 14.7. The Bertz CT molecular complexity index is 339. The lowest BCUT2D eigenvalue weighted by atomic mass is 10.0. The van der Waals surface area contributed by atoms with Gasteiger partial charge in [-0.1, -0.05) is 18.5 Å². The fourth-order valence-electron chi connectivity index (χ4n) is 1.11. The van der Waals surface area contributed by atoms with E-state index in [-0.39, 0.29) is 0 Å². The molecule has 15 heavy (non-hydrogen) atoms. The van der Waals surface area contributed by atoms with E-state index in [1.54, 1.807) is 19.1 Å². The Balaban J connectivity index is 2.66. The lowest BCUT2D eigenvalue weighted by Crippen LogP contribution is -2.32. The van der Waals surface area contributed by atoms with E-state index in [0.29, 0.717) is 23.7 Å². The van der Waals surface area contributed by atoms with E-state index < -0.39 is 5.60 Å². The summed E-state index contributed by atoms with van der Waals surface area (Å²) in [6, 6.07) is 5.26. The van der Waals surface area contributed by atoms with E-state index in [9.17, 15) is 5.11 Å². The molecule has 0 aliphatic heterocycles. The number of anilines is 2. The zero-order chi connectivity index (χ0) is 11.5. The van der Waals surface area contributed by atoms with Crippen LogP contribution in [0.3, 0.4) is 0 Å². The quantitative estimate of drug-likeness (QED) is 0.694. The lowest BCUT2D eigenvalue weighted by Gasteiger charge is -2.22. The van der Waals surface area contributed by atoms with Gasteiger partial charge in [0.25, 0.3) is 0 Å². The molecule has 0 aliphatic rings. The molecule has 4 heteroatoms. The first-order valence-electron chi connectivity index (χ1n) is 4.96. The second-order valence-electron chi connectivity index (χ2n) is 3.94. The van der Waals surface area contributed by atoms with Crippen LogP contribution >= 0.6 is 11.6 Å². The van der Waals surface area contributed by atoms with E-state index in [1.165, 1.54) is 0 Å². The number of benzene rings is 1. The molecule has 1 atom stereocenters. The molecule has 1 aromatic carbocycles.